The molecule has 0 saturated heterocycles. The maximum absolute atomic E-state index is 13.2. The van der Waals surface area contributed by atoms with Gasteiger partial charge in [-0.3, -0.25) is 0 Å². The lowest BCUT2D eigenvalue weighted by molar-refractivity contribution is 0.617. The van der Waals surface area contributed by atoms with Crippen molar-refractivity contribution in [2.45, 2.75) is 19.9 Å². The van der Waals surface area contributed by atoms with E-state index in [0.29, 0.717) is 5.56 Å². The van der Waals surface area contributed by atoms with Crippen LogP contribution in [0.15, 0.2) is 40.9 Å². The van der Waals surface area contributed by atoms with Gasteiger partial charge in [0.2, 0.25) is 0 Å². The standard InChI is InChI=1S/C15H15BrFN/c1-9-7-11(3-5-13(9)16)15(18)12-4-6-14(17)10(2)8-12/h3-8,15H,18H2,1-2H3. The Morgan fingerprint density at radius 1 is 1.00 bits per heavy atom. The van der Waals surface area contributed by atoms with Crippen molar-refractivity contribution in [2.75, 3.05) is 0 Å². The molecule has 2 aromatic carbocycles. The molecule has 18 heavy (non-hydrogen) atoms. The number of nitrogens with two attached hydrogens (primary N) is 1. The van der Waals surface area contributed by atoms with Crippen LogP contribution in [0.4, 0.5) is 4.39 Å². The summed E-state index contributed by atoms with van der Waals surface area (Å²) in [5.41, 5.74) is 9.93. The Morgan fingerprint density at radius 2 is 1.56 bits per heavy atom. The molecule has 2 rings (SSSR count). The smallest absolute Gasteiger partial charge is 0.126 e. The van der Waals surface area contributed by atoms with Gasteiger partial charge in [-0.1, -0.05) is 40.2 Å². The van der Waals surface area contributed by atoms with E-state index in [9.17, 15) is 4.39 Å². The fourth-order valence-corrected chi connectivity index (χ4v) is 2.16. The quantitative estimate of drug-likeness (QED) is 0.881. The molecule has 0 amide bonds. The molecule has 0 spiro atoms. The maximum atomic E-state index is 13.2. The van der Waals surface area contributed by atoms with Crippen LogP contribution in [-0.4, -0.2) is 0 Å². The normalized spacial score (nSPS) is 12.5. The zero-order valence-corrected chi connectivity index (χ0v) is 12.0. The van der Waals surface area contributed by atoms with Crippen LogP contribution in [0.5, 0.6) is 0 Å². The van der Waals surface area contributed by atoms with E-state index < -0.39 is 0 Å². The zero-order valence-electron chi connectivity index (χ0n) is 10.4. The van der Waals surface area contributed by atoms with Crippen LogP contribution >= 0.6 is 15.9 Å². The Morgan fingerprint density at radius 3 is 2.11 bits per heavy atom. The summed E-state index contributed by atoms with van der Waals surface area (Å²) in [5, 5.41) is 0. The second kappa shape index (κ2) is 5.21. The largest absolute Gasteiger partial charge is 0.320 e. The van der Waals surface area contributed by atoms with Crippen molar-refractivity contribution in [1.29, 1.82) is 0 Å². The Labute approximate surface area is 115 Å². The Hall–Kier alpha value is -1.19. The van der Waals surface area contributed by atoms with E-state index in [1.54, 1.807) is 19.1 Å². The molecule has 94 valence electrons. The minimum atomic E-state index is -0.226. The fraction of sp³-hybridized carbons (Fsp3) is 0.200. The van der Waals surface area contributed by atoms with E-state index in [0.717, 1.165) is 21.2 Å². The van der Waals surface area contributed by atoms with Gasteiger partial charge in [0.05, 0.1) is 6.04 Å². The Balaban J connectivity index is 2.37. The molecular weight excluding hydrogens is 293 g/mol. The van der Waals surface area contributed by atoms with Crippen LogP contribution < -0.4 is 5.73 Å². The molecule has 0 aliphatic carbocycles. The Bertz CT molecular complexity index is 529. The molecule has 0 bridgehead atoms. The molecule has 0 radical (unpaired) electrons. The zero-order chi connectivity index (χ0) is 13.3. The minimum absolute atomic E-state index is 0.196. The van der Waals surface area contributed by atoms with E-state index in [1.165, 1.54) is 6.07 Å². The molecule has 0 fully saturated rings. The lowest BCUT2D eigenvalue weighted by Gasteiger charge is -2.14. The number of hydrogen-bond acceptors (Lipinski definition) is 1. The summed E-state index contributed by atoms with van der Waals surface area (Å²) in [5.74, 6) is -0.196. The van der Waals surface area contributed by atoms with Crippen molar-refractivity contribution in [3.8, 4) is 0 Å². The highest BCUT2D eigenvalue weighted by Crippen LogP contribution is 2.25. The molecule has 0 saturated carbocycles. The van der Waals surface area contributed by atoms with Gasteiger partial charge in [-0.2, -0.15) is 0 Å². The van der Waals surface area contributed by atoms with Gasteiger partial charge < -0.3 is 5.73 Å². The monoisotopic (exact) mass is 307 g/mol. The van der Waals surface area contributed by atoms with Gasteiger partial charge in [0.1, 0.15) is 5.82 Å². The molecule has 0 heterocycles. The SMILES string of the molecule is Cc1cc(C(N)c2ccc(Br)c(C)c2)ccc1F. The van der Waals surface area contributed by atoms with Gasteiger partial charge in [0.15, 0.2) is 0 Å². The first kappa shape index (κ1) is 13.2. The molecule has 2 aromatic rings. The van der Waals surface area contributed by atoms with E-state index in [4.69, 9.17) is 5.73 Å². The summed E-state index contributed by atoms with van der Waals surface area (Å²) in [6, 6.07) is 10.8. The molecule has 0 aliphatic heterocycles. The van der Waals surface area contributed by atoms with Crippen LogP contribution in [0.1, 0.15) is 28.3 Å². The van der Waals surface area contributed by atoms with Crippen molar-refractivity contribution in [1.82, 2.24) is 0 Å². The van der Waals surface area contributed by atoms with Gasteiger partial charge in [0, 0.05) is 4.47 Å². The minimum Gasteiger partial charge on any atom is -0.320 e. The number of hydrogen-bond donors (Lipinski definition) is 1. The van der Waals surface area contributed by atoms with Crippen LogP contribution in [0.25, 0.3) is 0 Å². The summed E-state index contributed by atoms with van der Waals surface area (Å²) in [6.07, 6.45) is 0. The highest BCUT2D eigenvalue weighted by Gasteiger charge is 2.11. The summed E-state index contributed by atoms with van der Waals surface area (Å²) in [7, 11) is 0. The van der Waals surface area contributed by atoms with Crippen molar-refractivity contribution < 1.29 is 4.39 Å². The van der Waals surface area contributed by atoms with Gasteiger partial charge in [-0.15, -0.1) is 0 Å². The number of rotatable bonds is 2. The first-order valence-corrected chi connectivity index (χ1v) is 6.56. The maximum Gasteiger partial charge on any atom is 0.126 e. The molecule has 2 N–H and O–H groups in total. The molecule has 3 heteroatoms. The molecular formula is C15H15BrFN. The second-order valence-electron chi connectivity index (χ2n) is 4.49. The third-order valence-corrected chi connectivity index (χ3v) is 3.97. The van der Waals surface area contributed by atoms with Crippen molar-refractivity contribution in [3.63, 3.8) is 0 Å². The predicted molar refractivity (Wildman–Crippen MR) is 76.0 cm³/mol. The highest BCUT2D eigenvalue weighted by atomic mass is 79.9. The average Bonchev–Trinajstić information content (AvgIpc) is 2.35. The molecule has 1 nitrogen and oxygen atoms in total. The van der Waals surface area contributed by atoms with Gasteiger partial charge in [-0.25, -0.2) is 4.39 Å². The number of halogens is 2. The molecule has 0 aromatic heterocycles. The summed E-state index contributed by atoms with van der Waals surface area (Å²) in [4.78, 5) is 0. The third kappa shape index (κ3) is 2.62. The summed E-state index contributed by atoms with van der Waals surface area (Å²) in [6.45, 7) is 3.77. The third-order valence-electron chi connectivity index (χ3n) is 3.08. The van der Waals surface area contributed by atoms with Gasteiger partial charge >= 0.3 is 0 Å². The van der Waals surface area contributed by atoms with Crippen LogP contribution in [0.2, 0.25) is 0 Å². The first-order chi connectivity index (χ1) is 8.49. The van der Waals surface area contributed by atoms with E-state index in [2.05, 4.69) is 15.9 Å². The average molecular weight is 308 g/mol. The van der Waals surface area contributed by atoms with Crippen molar-refractivity contribution in [3.05, 3.63) is 68.9 Å². The van der Waals surface area contributed by atoms with Gasteiger partial charge in [-0.05, 0) is 48.2 Å². The van der Waals surface area contributed by atoms with E-state index >= 15 is 0 Å². The van der Waals surface area contributed by atoms with Crippen LogP contribution in [0.3, 0.4) is 0 Å². The molecule has 1 unspecified atom stereocenters. The fourth-order valence-electron chi connectivity index (χ4n) is 1.92. The van der Waals surface area contributed by atoms with E-state index in [-0.39, 0.29) is 11.9 Å². The summed E-state index contributed by atoms with van der Waals surface area (Å²) < 4.78 is 14.3. The van der Waals surface area contributed by atoms with Crippen LogP contribution in [0, 0.1) is 19.7 Å². The predicted octanol–water partition coefficient (Wildman–Crippen LogP) is 4.25. The molecule has 1 atom stereocenters. The van der Waals surface area contributed by atoms with Crippen molar-refractivity contribution >= 4 is 15.9 Å². The second-order valence-corrected chi connectivity index (χ2v) is 5.35. The Kier molecular flexibility index (Phi) is 3.83. The lowest BCUT2D eigenvalue weighted by atomic mass is 9.97. The summed E-state index contributed by atoms with van der Waals surface area (Å²) >= 11 is 3.47. The van der Waals surface area contributed by atoms with Gasteiger partial charge in [0.25, 0.3) is 0 Å². The highest BCUT2D eigenvalue weighted by molar-refractivity contribution is 9.10. The van der Waals surface area contributed by atoms with Crippen LogP contribution in [-0.2, 0) is 0 Å². The van der Waals surface area contributed by atoms with E-state index in [1.807, 2.05) is 25.1 Å². The number of benzene rings is 2. The molecule has 0 aliphatic rings. The topological polar surface area (TPSA) is 26.0 Å². The lowest BCUT2D eigenvalue weighted by Crippen LogP contribution is -2.12. The first-order valence-electron chi connectivity index (χ1n) is 5.76. The number of aryl methyl sites for hydroxylation is 2. The van der Waals surface area contributed by atoms with Crippen molar-refractivity contribution in [2.24, 2.45) is 5.73 Å².